The number of fused-ring (bicyclic) bond motifs is 1. The van der Waals surface area contributed by atoms with E-state index in [-0.39, 0.29) is 29.8 Å². The molecule has 0 spiro atoms. The van der Waals surface area contributed by atoms with Crippen molar-refractivity contribution in [2.75, 3.05) is 25.5 Å². The van der Waals surface area contributed by atoms with Crippen molar-refractivity contribution in [3.8, 4) is 11.8 Å². The minimum atomic E-state index is -3.61. The average Bonchev–Trinajstić information content (AvgIpc) is 3.14. The molecular weight excluding hydrogens is 446 g/mol. The molecular formula is C23H27N3O4S2. The molecule has 1 fully saturated rings. The van der Waals surface area contributed by atoms with Crippen molar-refractivity contribution in [2.45, 2.75) is 43.9 Å². The van der Waals surface area contributed by atoms with Crippen molar-refractivity contribution in [1.82, 2.24) is 4.31 Å². The fourth-order valence-electron chi connectivity index (χ4n) is 4.43. The smallest absolute Gasteiger partial charge is 0.243 e. The number of carbonyl (C=O) groups is 1. The topological polar surface area (TPSA) is 99.5 Å². The van der Waals surface area contributed by atoms with Crippen LogP contribution < -0.4 is 10.1 Å². The Morgan fingerprint density at radius 3 is 2.53 bits per heavy atom. The van der Waals surface area contributed by atoms with E-state index in [4.69, 9.17) is 4.74 Å². The molecule has 1 aromatic carbocycles. The van der Waals surface area contributed by atoms with Crippen molar-refractivity contribution in [1.29, 1.82) is 5.26 Å². The summed E-state index contributed by atoms with van der Waals surface area (Å²) in [7, 11) is -2.08. The molecule has 1 aliphatic heterocycles. The molecule has 1 atom stereocenters. The van der Waals surface area contributed by atoms with Crippen LogP contribution >= 0.6 is 11.3 Å². The van der Waals surface area contributed by atoms with Crippen LogP contribution in [0.15, 0.2) is 29.2 Å². The molecule has 1 aliphatic carbocycles. The number of nitrogens with one attached hydrogen (secondary N) is 1. The Hall–Kier alpha value is -2.41. The lowest BCUT2D eigenvalue weighted by molar-refractivity contribution is -0.120. The number of thiophene rings is 1. The van der Waals surface area contributed by atoms with Crippen LogP contribution in [0.25, 0.3) is 0 Å². The van der Waals surface area contributed by atoms with Gasteiger partial charge in [-0.15, -0.1) is 11.3 Å². The maximum Gasteiger partial charge on any atom is 0.243 e. The first kappa shape index (κ1) is 22.8. The number of amides is 1. The minimum Gasteiger partial charge on any atom is -0.497 e. The summed E-state index contributed by atoms with van der Waals surface area (Å²) < 4.78 is 32.4. The highest BCUT2D eigenvalue weighted by molar-refractivity contribution is 7.89. The van der Waals surface area contributed by atoms with Gasteiger partial charge in [-0.25, -0.2) is 8.42 Å². The SMILES string of the molecule is COc1ccc(S(=O)(=O)N2CCC(C(=O)Nc3sc4c(c3C#N)CCC(C)C4)CC2)cc1. The second-order valence-electron chi connectivity index (χ2n) is 8.51. The standard InChI is InChI=1S/C23H27N3O4S2/c1-15-3-8-19-20(14-24)23(31-21(19)13-15)25-22(27)16-9-11-26(12-10-16)32(28,29)18-6-4-17(30-2)5-7-18/h4-7,15-16H,3,8-13H2,1-2H3,(H,25,27). The van der Waals surface area contributed by atoms with Crippen LogP contribution in [0.2, 0.25) is 0 Å². The summed E-state index contributed by atoms with van der Waals surface area (Å²) >= 11 is 1.52. The third-order valence-electron chi connectivity index (χ3n) is 6.38. The van der Waals surface area contributed by atoms with E-state index in [0.717, 1.165) is 24.8 Å². The lowest BCUT2D eigenvalue weighted by atomic mass is 9.88. The number of ether oxygens (including phenoxy) is 1. The number of nitrogens with zero attached hydrogens (tertiary/aromatic N) is 2. The van der Waals surface area contributed by atoms with Crippen molar-refractivity contribution in [2.24, 2.45) is 11.8 Å². The van der Waals surface area contributed by atoms with E-state index in [1.54, 1.807) is 12.1 Å². The first-order chi connectivity index (χ1) is 15.3. The van der Waals surface area contributed by atoms with Crippen LogP contribution in [0.3, 0.4) is 0 Å². The number of anilines is 1. The van der Waals surface area contributed by atoms with Gasteiger partial charge in [0.25, 0.3) is 0 Å². The molecule has 7 nitrogen and oxygen atoms in total. The van der Waals surface area contributed by atoms with E-state index in [1.807, 2.05) is 0 Å². The predicted molar refractivity (Wildman–Crippen MR) is 123 cm³/mol. The Bertz CT molecular complexity index is 1140. The van der Waals surface area contributed by atoms with E-state index in [2.05, 4.69) is 18.3 Å². The van der Waals surface area contributed by atoms with Gasteiger partial charge in [0.05, 0.1) is 17.6 Å². The molecule has 2 aliphatic rings. The second kappa shape index (κ2) is 9.22. The van der Waals surface area contributed by atoms with Gasteiger partial charge in [0.1, 0.15) is 16.8 Å². The summed E-state index contributed by atoms with van der Waals surface area (Å²) in [6, 6.07) is 8.61. The molecule has 1 saturated heterocycles. The Balaban J connectivity index is 1.40. The fourth-order valence-corrected chi connectivity index (χ4v) is 7.26. The van der Waals surface area contributed by atoms with Crippen molar-refractivity contribution in [3.63, 3.8) is 0 Å². The number of benzene rings is 1. The second-order valence-corrected chi connectivity index (χ2v) is 11.6. The maximum atomic E-state index is 12.9. The van der Waals surface area contributed by atoms with Crippen LogP contribution in [0, 0.1) is 23.2 Å². The maximum absolute atomic E-state index is 12.9. The molecule has 9 heteroatoms. The zero-order chi connectivity index (χ0) is 22.9. The molecule has 2 heterocycles. The minimum absolute atomic E-state index is 0.130. The predicted octanol–water partition coefficient (Wildman–Crippen LogP) is 3.79. The zero-order valence-corrected chi connectivity index (χ0v) is 19.9. The van der Waals surface area contributed by atoms with Crippen molar-refractivity contribution in [3.05, 3.63) is 40.3 Å². The van der Waals surface area contributed by atoms with Crippen molar-refractivity contribution < 1.29 is 17.9 Å². The Morgan fingerprint density at radius 1 is 1.22 bits per heavy atom. The highest BCUT2D eigenvalue weighted by Gasteiger charge is 2.33. The van der Waals surface area contributed by atoms with Gasteiger partial charge in [-0.3, -0.25) is 4.79 Å². The number of methoxy groups -OCH3 is 1. The van der Waals surface area contributed by atoms with Gasteiger partial charge in [0.15, 0.2) is 0 Å². The molecule has 32 heavy (non-hydrogen) atoms. The first-order valence-corrected chi connectivity index (χ1v) is 13.1. The highest BCUT2D eigenvalue weighted by Crippen LogP contribution is 2.39. The summed E-state index contributed by atoms with van der Waals surface area (Å²) in [5, 5.41) is 13.3. The number of rotatable bonds is 5. The van der Waals surface area contributed by atoms with Gasteiger partial charge in [-0.05, 0) is 67.9 Å². The largest absolute Gasteiger partial charge is 0.497 e. The average molecular weight is 474 g/mol. The number of hydrogen-bond acceptors (Lipinski definition) is 6. The van der Waals surface area contributed by atoms with Crippen LogP contribution in [-0.4, -0.2) is 38.8 Å². The van der Waals surface area contributed by atoms with Crippen LogP contribution in [0.5, 0.6) is 5.75 Å². The number of hydrogen-bond donors (Lipinski definition) is 1. The number of nitriles is 1. The van der Waals surface area contributed by atoms with E-state index in [1.165, 1.54) is 39.8 Å². The Kier molecular flexibility index (Phi) is 6.56. The number of sulfonamides is 1. The number of carbonyl (C=O) groups excluding carboxylic acids is 1. The Labute approximate surface area is 193 Å². The molecule has 170 valence electrons. The third kappa shape index (κ3) is 4.40. The molecule has 0 bridgehead atoms. The summed E-state index contributed by atoms with van der Waals surface area (Å²) in [6.07, 6.45) is 3.79. The lowest BCUT2D eigenvalue weighted by Crippen LogP contribution is -2.41. The van der Waals surface area contributed by atoms with Gasteiger partial charge in [-0.2, -0.15) is 9.57 Å². The van der Waals surface area contributed by atoms with Crippen molar-refractivity contribution >= 4 is 32.3 Å². The fraction of sp³-hybridized carbons (Fsp3) is 0.478. The van der Waals surface area contributed by atoms with E-state index >= 15 is 0 Å². The molecule has 2 aromatic rings. The van der Waals surface area contributed by atoms with Gasteiger partial charge in [-0.1, -0.05) is 6.92 Å². The Morgan fingerprint density at radius 2 is 1.91 bits per heavy atom. The highest BCUT2D eigenvalue weighted by atomic mass is 32.2. The van der Waals surface area contributed by atoms with E-state index in [9.17, 15) is 18.5 Å². The summed E-state index contributed by atoms with van der Waals surface area (Å²) in [4.78, 5) is 14.3. The molecule has 1 unspecified atom stereocenters. The molecule has 1 aromatic heterocycles. The van der Waals surface area contributed by atoms with Gasteiger partial charge in [0.2, 0.25) is 15.9 Å². The van der Waals surface area contributed by atoms with Crippen LogP contribution in [0.1, 0.15) is 42.2 Å². The normalized spacial score (nSPS) is 19.7. The van der Waals surface area contributed by atoms with E-state index in [0.29, 0.717) is 35.1 Å². The molecule has 0 saturated carbocycles. The quantitative estimate of drug-likeness (QED) is 0.712. The van der Waals surface area contributed by atoms with Crippen LogP contribution in [-0.2, 0) is 27.7 Å². The summed E-state index contributed by atoms with van der Waals surface area (Å²) in [5.74, 6) is 0.783. The molecule has 1 N–H and O–H groups in total. The summed E-state index contributed by atoms with van der Waals surface area (Å²) in [6.45, 7) is 2.78. The van der Waals surface area contributed by atoms with Gasteiger partial charge < -0.3 is 10.1 Å². The number of piperidine rings is 1. The van der Waals surface area contributed by atoms with Crippen LogP contribution in [0.4, 0.5) is 5.00 Å². The molecule has 4 rings (SSSR count). The first-order valence-electron chi connectivity index (χ1n) is 10.8. The van der Waals surface area contributed by atoms with Gasteiger partial charge >= 0.3 is 0 Å². The summed E-state index contributed by atoms with van der Waals surface area (Å²) in [5.41, 5.74) is 1.69. The van der Waals surface area contributed by atoms with Gasteiger partial charge in [0, 0.05) is 23.9 Å². The third-order valence-corrected chi connectivity index (χ3v) is 9.46. The monoisotopic (exact) mass is 473 g/mol. The molecule has 1 amide bonds. The van der Waals surface area contributed by atoms with E-state index < -0.39 is 10.0 Å². The lowest BCUT2D eigenvalue weighted by Gasteiger charge is -2.30. The molecule has 0 radical (unpaired) electrons. The zero-order valence-electron chi connectivity index (χ0n) is 18.3.